The van der Waals surface area contributed by atoms with E-state index in [9.17, 15) is 0 Å². The minimum atomic E-state index is 0.0823. The second kappa shape index (κ2) is 4.46. The molecule has 0 radical (unpaired) electrons. The molecule has 0 fully saturated rings. The third-order valence-electron chi connectivity index (χ3n) is 3.67. The Kier molecular flexibility index (Phi) is 2.80. The standard InChI is InChI=1S/C16H18N2/c1-2-18-15-9-5-3-7-12(15)11-14(17)13-8-4-6-10-16(13)18/h3-10,14H,2,11,17H2,1H3. The van der Waals surface area contributed by atoms with Crippen LogP contribution in [0.5, 0.6) is 0 Å². The number of nitrogens with zero attached hydrogens (tertiary/aromatic N) is 1. The topological polar surface area (TPSA) is 29.3 Å². The first-order chi connectivity index (χ1) is 8.81. The highest BCUT2D eigenvalue weighted by molar-refractivity contribution is 5.71. The number of fused-ring (bicyclic) bond motifs is 2. The Hall–Kier alpha value is -1.80. The Morgan fingerprint density at radius 1 is 1.06 bits per heavy atom. The van der Waals surface area contributed by atoms with Crippen LogP contribution in [0.25, 0.3) is 0 Å². The Morgan fingerprint density at radius 3 is 2.50 bits per heavy atom. The average Bonchev–Trinajstić information content (AvgIpc) is 2.53. The number of hydrogen-bond acceptors (Lipinski definition) is 2. The molecule has 92 valence electrons. The van der Waals surface area contributed by atoms with Crippen LogP contribution in [0.1, 0.15) is 24.1 Å². The molecule has 3 rings (SSSR count). The van der Waals surface area contributed by atoms with Crippen LogP contribution in [-0.2, 0) is 6.42 Å². The van der Waals surface area contributed by atoms with Gasteiger partial charge in [0.05, 0.1) is 0 Å². The van der Waals surface area contributed by atoms with Gasteiger partial charge in [0.25, 0.3) is 0 Å². The van der Waals surface area contributed by atoms with Crippen LogP contribution < -0.4 is 10.6 Å². The summed E-state index contributed by atoms with van der Waals surface area (Å²) in [6.07, 6.45) is 0.906. The fourth-order valence-corrected chi connectivity index (χ4v) is 2.81. The van der Waals surface area contributed by atoms with Crippen molar-refractivity contribution in [3.8, 4) is 0 Å². The second-order valence-corrected chi connectivity index (χ2v) is 4.74. The van der Waals surface area contributed by atoms with Crippen LogP contribution in [0, 0.1) is 0 Å². The van der Waals surface area contributed by atoms with E-state index in [1.54, 1.807) is 0 Å². The van der Waals surface area contributed by atoms with Crippen LogP contribution >= 0.6 is 0 Å². The molecule has 0 spiro atoms. The lowest BCUT2D eigenvalue weighted by Crippen LogP contribution is -2.18. The van der Waals surface area contributed by atoms with Gasteiger partial charge in [0.2, 0.25) is 0 Å². The molecule has 0 saturated heterocycles. The molecule has 2 aromatic carbocycles. The summed E-state index contributed by atoms with van der Waals surface area (Å²) in [4.78, 5) is 2.36. The van der Waals surface area contributed by atoms with Gasteiger partial charge in [-0.05, 0) is 36.6 Å². The number of hydrogen-bond donors (Lipinski definition) is 1. The number of anilines is 2. The summed E-state index contributed by atoms with van der Waals surface area (Å²) < 4.78 is 0. The van der Waals surface area contributed by atoms with Crippen LogP contribution in [0.3, 0.4) is 0 Å². The summed E-state index contributed by atoms with van der Waals surface area (Å²) in [6, 6.07) is 17.1. The quantitative estimate of drug-likeness (QED) is 0.825. The minimum absolute atomic E-state index is 0.0823. The van der Waals surface area contributed by atoms with Crippen LogP contribution in [0.2, 0.25) is 0 Å². The van der Waals surface area contributed by atoms with Crippen molar-refractivity contribution in [2.45, 2.75) is 19.4 Å². The van der Waals surface area contributed by atoms with Crippen molar-refractivity contribution in [2.24, 2.45) is 5.73 Å². The van der Waals surface area contributed by atoms with Crippen molar-refractivity contribution in [1.29, 1.82) is 0 Å². The molecule has 2 N–H and O–H groups in total. The van der Waals surface area contributed by atoms with Gasteiger partial charge in [0, 0.05) is 24.0 Å². The van der Waals surface area contributed by atoms with Crippen molar-refractivity contribution in [1.82, 2.24) is 0 Å². The maximum atomic E-state index is 6.35. The zero-order valence-corrected chi connectivity index (χ0v) is 10.6. The number of para-hydroxylation sites is 2. The van der Waals surface area contributed by atoms with Crippen molar-refractivity contribution < 1.29 is 0 Å². The van der Waals surface area contributed by atoms with E-state index in [2.05, 4.69) is 60.4 Å². The average molecular weight is 238 g/mol. The number of benzene rings is 2. The fraction of sp³-hybridized carbons (Fsp3) is 0.250. The largest absolute Gasteiger partial charge is 0.341 e. The molecule has 2 aromatic rings. The molecule has 0 aliphatic carbocycles. The third kappa shape index (κ3) is 1.70. The minimum Gasteiger partial charge on any atom is -0.341 e. The fourth-order valence-electron chi connectivity index (χ4n) is 2.81. The SMILES string of the molecule is CCN1c2ccccc2CC(N)c2ccccc21. The predicted molar refractivity (Wildman–Crippen MR) is 76.2 cm³/mol. The lowest BCUT2D eigenvalue weighted by molar-refractivity contribution is 0.730. The summed E-state index contributed by atoms with van der Waals surface area (Å²) in [5.74, 6) is 0. The van der Waals surface area contributed by atoms with Crippen LogP contribution in [0.15, 0.2) is 48.5 Å². The maximum Gasteiger partial charge on any atom is 0.0459 e. The summed E-state index contributed by atoms with van der Waals surface area (Å²) in [7, 11) is 0. The van der Waals surface area contributed by atoms with Gasteiger partial charge in [0.1, 0.15) is 0 Å². The highest BCUT2D eigenvalue weighted by Crippen LogP contribution is 2.38. The van der Waals surface area contributed by atoms with Gasteiger partial charge >= 0.3 is 0 Å². The summed E-state index contributed by atoms with van der Waals surface area (Å²) in [6.45, 7) is 3.14. The first kappa shape index (κ1) is 11.3. The van der Waals surface area contributed by atoms with E-state index in [-0.39, 0.29) is 6.04 Å². The lowest BCUT2D eigenvalue weighted by Gasteiger charge is -2.25. The van der Waals surface area contributed by atoms with Crippen molar-refractivity contribution in [2.75, 3.05) is 11.4 Å². The monoisotopic (exact) mass is 238 g/mol. The molecule has 1 unspecified atom stereocenters. The van der Waals surface area contributed by atoms with Gasteiger partial charge in [-0.3, -0.25) is 0 Å². The molecule has 0 saturated carbocycles. The molecule has 2 heteroatoms. The van der Waals surface area contributed by atoms with E-state index in [0.29, 0.717) is 0 Å². The second-order valence-electron chi connectivity index (χ2n) is 4.74. The first-order valence-corrected chi connectivity index (χ1v) is 6.51. The number of rotatable bonds is 1. The highest BCUT2D eigenvalue weighted by atomic mass is 15.1. The molecule has 1 heterocycles. The van der Waals surface area contributed by atoms with Crippen molar-refractivity contribution in [3.05, 3.63) is 59.7 Å². The van der Waals surface area contributed by atoms with E-state index < -0.39 is 0 Å². The third-order valence-corrected chi connectivity index (χ3v) is 3.67. The predicted octanol–water partition coefficient (Wildman–Crippen LogP) is 3.40. The summed E-state index contributed by atoms with van der Waals surface area (Å²) in [5.41, 5.74) is 11.5. The molecule has 0 amide bonds. The zero-order chi connectivity index (χ0) is 12.5. The van der Waals surface area contributed by atoms with E-state index in [1.165, 1.54) is 22.5 Å². The Morgan fingerprint density at radius 2 is 1.72 bits per heavy atom. The Bertz CT molecular complexity index is 563. The van der Waals surface area contributed by atoms with Gasteiger partial charge < -0.3 is 10.6 Å². The summed E-state index contributed by atoms with van der Waals surface area (Å²) >= 11 is 0. The number of nitrogens with two attached hydrogens (primary N) is 1. The van der Waals surface area contributed by atoms with Gasteiger partial charge in [-0.2, -0.15) is 0 Å². The summed E-state index contributed by atoms with van der Waals surface area (Å²) in [5, 5.41) is 0. The molecule has 2 nitrogen and oxygen atoms in total. The lowest BCUT2D eigenvalue weighted by atomic mass is 10.00. The van der Waals surface area contributed by atoms with Gasteiger partial charge in [0.15, 0.2) is 0 Å². The van der Waals surface area contributed by atoms with Gasteiger partial charge in [-0.25, -0.2) is 0 Å². The van der Waals surface area contributed by atoms with Gasteiger partial charge in [-0.15, -0.1) is 0 Å². The molecule has 1 aliphatic rings. The van der Waals surface area contributed by atoms with E-state index in [4.69, 9.17) is 5.73 Å². The van der Waals surface area contributed by atoms with E-state index >= 15 is 0 Å². The Labute approximate surface area is 108 Å². The maximum absolute atomic E-state index is 6.35. The van der Waals surface area contributed by atoms with Crippen molar-refractivity contribution in [3.63, 3.8) is 0 Å². The van der Waals surface area contributed by atoms with E-state index in [1.807, 2.05) is 0 Å². The van der Waals surface area contributed by atoms with Gasteiger partial charge in [-0.1, -0.05) is 36.4 Å². The molecular weight excluding hydrogens is 220 g/mol. The molecule has 1 aliphatic heterocycles. The molecular formula is C16H18N2. The van der Waals surface area contributed by atoms with Crippen LogP contribution in [0.4, 0.5) is 11.4 Å². The van der Waals surface area contributed by atoms with Crippen LogP contribution in [-0.4, -0.2) is 6.54 Å². The normalized spacial score (nSPS) is 17.9. The van der Waals surface area contributed by atoms with E-state index in [0.717, 1.165) is 13.0 Å². The van der Waals surface area contributed by atoms with Crippen molar-refractivity contribution >= 4 is 11.4 Å². The zero-order valence-electron chi connectivity index (χ0n) is 10.6. The molecule has 0 bridgehead atoms. The first-order valence-electron chi connectivity index (χ1n) is 6.51. The molecule has 18 heavy (non-hydrogen) atoms. The Balaban J connectivity index is 2.23. The molecule has 1 atom stereocenters. The smallest absolute Gasteiger partial charge is 0.0459 e. The highest BCUT2D eigenvalue weighted by Gasteiger charge is 2.23. The molecule has 0 aromatic heterocycles.